The van der Waals surface area contributed by atoms with Gasteiger partial charge in [0.1, 0.15) is 33.6 Å². The zero-order valence-electron chi connectivity index (χ0n) is 53.7. The SMILES string of the molecule is CC1CN(CC2CC(C(=O)NO)C2)CC1c1nc2c(cnn2C2CCOCC2)c(=O)[nH]1.CC1CN(Cc2ccc(C(=O)NO)cc2)CC1c1nc2c(cnn2C2CCCC2)c(=O)[nH]1.CC1CN(Cc2ccc(C(=O)NO)s2)CC1c1nc2c(cnn2C2CCOCC2)c(=O)[nH]1. The number of ether oxygens (including phenoxy) is 2. The van der Waals surface area contributed by atoms with E-state index in [1.807, 2.05) is 32.2 Å². The lowest BCUT2D eigenvalue weighted by molar-refractivity contribution is -0.137. The Morgan fingerprint density at radius 2 is 0.968 bits per heavy atom. The van der Waals surface area contributed by atoms with E-state index in [1.165, 1.54) is 24.2 Å². The predicted molar refractivity (Wildman–Crippen MR) is 348 cm³/mol. The molecule has 8 aromatic rings. The summed E-state index contributed by atoms with van der Waals surface area (Å²) >= 11 is 1.36. The summed E-state index contributed by atoms with van der Waals surface area (Å²) in [6.07, 6.45) is 14.6. The molecule has 6 atom stereocenters. The van der Waals surface area contributed by atoms with Crippen LogP contribution in [0.4, 0.5) is 0 Å². The molecule has 3 amide bonds. The smallest absolute Gasteiger partial charge is 0.284 e. The van der Waals surface area contributed by atoms with Crippen molar-refractivity contribution in [2.75, 3.05) is 72.2 Å². The van der Waals surface area contributed by atoms with E-state index < -0.39 is 11.8 Å². The number of thiophene rings is 1. The van der Waals surface area contributed by atoms with Crippen LogP contribution in [0.15, 0.2) is 69.4 Å². The first-order valence-electron chi connectivity index (χ1n) is 33.3. The number of fused-ring (bicyclic) bond motifs is 3. The topological polar surface area (TPSA) is 367 Å². The molecule has 30 heteroatoms. The molecule has 0 bridgehead atoms. The average Bonchev–Trinajstić information content (AvgIpc) is 1.66. The number of rotatable bonds is 15. The monoisotopic (exact) mass is 1320 g/mol. The molecule has 506 valence electrons. The van der Waals surface area contributed by atoms with E-state index in [0.717, 1.165) is 126 Å². The van der Waals surface area contributed by atoms with E-state index in [1.54, 1.807) is 53.2 Å². The summed E-state index contributed by atoms with van der Waals surface area (Å²) in [7, 11) is 0. The largest absolute Gasteiger partial charge is 0.381 e. The molecule has 0 radical (unpaired) electrons. The van der Waals surface area contributed by atoms with Gasteiger partial charge in [-0.05, 0) is 105 Å². The third-order valence-electron chi connectivity index (χ3n) is 20.6. The Morgan fingerprint density at radius 3 is 1.42 bits per heavy atom. The highest BCUT2D eigenvalue weighted by atomic mass is 32.1. The van der Waals surface area contributed by atoms with Crippen LogP contribution in [0.5, 0.6) is 0 Å². The first-order chi connectivity index (χ1) is 46.1. The fourth-order valence-corrected chi connectivity index (χ4v) is 16.3. The highest BCUT2D eigenvalue weighted by Gasteiger charge is 2.40. The molecule has 7 aliphatic rings. The molecule has 12 heterocycles. The normalized spacial score (nSPS) is 24.8. The highest BCUT2D eigenvalue weighted by Crippen LogP contribution is 2.39. The minimum absolute atomic E-state index is 0.0725. The van der Waals surface area contributed by atoms with Crippen LogP contribution in [0, 0.1) is 29.6 Å². The van der Waals surface area contributed by atoms with Crippen LogP contribution in [0.1, 0.15) is 169 Å². The van der Waals surface area contributed by atoms with Crippen LogP contribution in [0.3, 0.4) is 0 Å². The van der Waals surface area contributed by atoms with Crippen LogP contribution < -0.4 is 33.1 Å². The van der Waals surface area contributed by atoms with E-state index in [4.69, 9.17) is 40.0 Å². The number of hydrogen-bond donors (Lipinski definition) is 9. The van der Waals surface area contributed by atoms with Gasteiger partial charge in [0.25, 0.3) is 28.5 Å². The molecule has 5 saturated heterocycles. The second-order valence-electron chi connectivity index (χ2n) is 27.2. The summed E-state index contributed by atoms with van der Waals surface area (Å²) < 4.78 is 16.7. The van der Waals surface area contributed by atoms with Crippen molar-refractivity contribution in [1.29, 1.82) is 0 Å². The molecule has 9 N–H and O–H groups in total. The Hall–Kier alpha value is -7.94. The van der Waals surface area contributed by atoms with Gasteiger partial charge < -0.3 is 29.3 Å². The van der Waals surface area contributed by atoms with E-state index >= 15 is 0 Å². The maximum atomic E-state index is 12.8. The number of hydroxylamine groups is 3. The number of H-pyrrole nitrogens is 3. The summed E-state index contributed by atoms with van der Waals surface area (Å²) in [6, 6.07) is 11.6. The Morgan fingerprint density at radius 1 is 0.537 bits per heavy atom. The summed E-state index contributed by atoms with van der Waals surface area (Å²) in [5, 5.41) is 41.4. The molecule has 7 aromatic heterocycles. The molecule has 0 spiro atoms. The summed E-state index contributed by atoms with van der Waals surface area (Å²) in [5.41, 5.74) is 8.23. The number of nitrogens with one attached hydrogen (secondary N) is 6. The van der Waals surface area contributed by atoms with Gasteiger partial charge in [-0.1, -0.05) is 45.7 Å². The van der Waals surface area contributed by atoms with E-state index in [2.05, 4.69) is 65.7 Å². The third-order valence-corrected chi connectivity index (χ3v) is 21.7. The lowest BCUT2D eigenvalue weighted by Crippen LogP contribution is -2.42. The lowest BCUT2D eigenvalue weighted by atomic mass is 9.74. The molecule has 6 unspecified atom stereocenters. The van der Waals surface area contributed by atoms with Gasteiger partial charge in [0, 0.05) is 119 Å². The number of likely N-dealkylation sites (tertiary alicyclic amines) is 3. The summed E-state index contributed by atoms with van der Waals surface area (Å²) in [5.74, 6) is 2.73. The van der Waals surface area contributed by atoms with Crippen LogP contribution in [-0.4, -0.2) is 180 Å². The highest BCUT2D eigenvalue weighted by molar-refractivity contribution is 7.14. The molecule has 95 heavy (non-hydrogen) atoms. The second kappa shape index (κ2) is 28.8. The number of aromatic amines is 3. The first kappa shape index (κ1) is 65.7. The lowest BCUT2D eigenvalue weighted by Gasteiger charge is -2.36. The van der Waals surface area contributed by atoms with Crippen molar-refractivity contribution in [1.82, 2.24) is 90.4 Å². The number of aromatic nitrogens is 12. The van der Waals surface area contributed by atoms with Crippen LogP contribution >= 0.6 is 11.3 Å². The zero-order valence-corrected chi connectivity index (χ0v) is 54.5. The molecular weight excluding hydrogens is 1240 g/mol. The molecule has 1 aromatic carbocycles. The third kappa shape index (κ3) is 14.2. The summed E-state index contributed by atoms with van der Waals surface area (Å²) in [6.45, 7) is 16.9. The van der Waals surface area contributed by atoms with Crippen molar-refractivity contribution in [2.45, 2.75) is 134 Å². The Balaban J connectivity index is 0.000000129. The Kier molecular flexibility index (Phi) is 19.9. The van der Waals surface area contributed by atoms with Crippen molar-refractivity contribution < 1.29 is 39.5 Å². The Bertz CT molecular complexity index is 4210. The number of nitrogens with zero attached hydrogens (tertiary/aromatic N) is 12. The molecule has 5 aliphatic heterocycles. The van der Waals surface area contributed by atoms with Gasteiger partial charge in [-0.15, -0.1) is 11.3 Å². The number of amides is 3. The molecule has 7 fully saturated rings. The molecular formula is C65H84N18O11S. The van der Waals surface area contributed by atoms with Gasteiger partial charge >= 0.3 is 0 Å². The number of benzene rings is 1. The van der Waals surface area contributed by atoms with Gasteiger partial charge in [-0.3, -0.25) is 54.2 Å². The number of carbonyl (C=O) groups is 3. The van der Waals surface area contributed by atoms with E-state index in [9.17, 15) is 28.8 Å². The van der Waals surface area contributed by atoms with Gasteiger partial charge in [0.05, 0.1) is 41.6 Å². The van der Waals surface area contributed by atoms with Gasteiger partial charge in [0.2, 0.25) is 5.91 Å². The van der Waals surface area contributed by atoms with Crippen LogP contribution in [0.25, 0.3) is 33.1 Å². The second-order valence-corrected chi connectivity index (χ2v) is 28.3. The number of hydrogen-bond acceptors (Lipinski definition) is 21. The number of carbonyl (C=O) groups excluding carboxylic acids is 3. The fraction of sp³-hybridized carbons (Fsp3) is 0.569. The van der Waals surface area contributed by atoms with Gasteiger partial charge in [-0.25, -0.2) is 45.4 Å². The summed E-state index contributed by atoms with van der Waals surface area (Å²) in [4.78, 5) is 105. The predicted octanol–water partition coefficient (Wildman–Crippen LogP) is 5.51. The first-order valence-corrected chi connectivity index (χ1v) is 34.2. The van der Waals surface area contributed by atoms with E-state index in [-0.39, 0.29) is 58.3 Å². The van der Waals surface area contributed by atoms with Crippen molar-refractivity contribution >= 4 is 62.2 Å². The standard InChI is InChI=1S/C23H28N6O3.C21H26N6O4S.C21H30N6O4/c1-14-11-28(12-15-6-8-16(9-7-15)22(30)27-32)13-19(14)20-25-21-18(23(31)26-20)10-24-29(21)17-4-2-3-5-17;1-12-9-26(10-14-2-3-17(32-14)21(29)25-30)11-16(12)18-23-19-15(20(28)24-18)8-22-27(19)13-4-6-31-7-5-13;1-12-9-26(10-13-6-14(7-13)20(28)25-30)11-17(12)18-23-19-16(21(29)24-18)8-22-27(19)15-2-4-31-5-3-15/h6-10,14,17,19,32H,2-5,11-13H2,1H3,(H,27,30)(H,25,26,31);2-3,8,12-13,16,30H,4-7,9-11H2,1H3,(H,25,29)(H,23,24,28);8,12-15,17,30H,2-7,9-11H2,1H3,(H,25,28)(H,23,24,29). The minimum atomic E-state index is -0.520. The van der Waals surface area contributed by atoms with Crippen molar-refractivity contribution in [2.24, 2.45) is 29.6 Å². The maximum absolute atomic E-state index is 12.8. The molecule has 2 aliphatic carbocycles. The van der Waals surface area contributed by atoms with Crippen molar-refractivity contribution in [3.63, 3.8) is 0 Å². The average molecular weight is 1330 g/mol. The zero-order chi connectivity index (χ0) is 66.0. The van der Waals surface area contributed by atoms with Gasteiger partial charge in [-0.2, -0.15) is 15.3 Å². The quantitative estimate of drug-likeness (QED) is 0.0451. The van der Waals surface area contributed by atoms with Crippen molar-refractivity contribution in [3.05, 3.63) is 124 Å². The fourth-order valence-electron chi connectivity index (χ4n) is 15.4. The molecule has 15 rings (SSSR count). The molecule has 29 nitrogen and oxygen atoms in total. The minimum Gasteiger partial charge on any atom is -0.381 e. The van der Waals surface area contributed by atoms with Crippen LogP contribution in [-0.2, 0) is 27.4 Å². The Labute approximate surface area is 549 Å². The van der Waals surface area contributed by atoms with Crippen LogP contribution in [0.2, 0.25) is 0 Å². The van der Waals surface area contributed by atoms with E-state index in [0.29, 0.717) is 112 Å². The maximum Gasteiger partial charge on any atom is 0.284 e. The van der Waals surface area contributed by atoms with Gasteiger partial charge in [0.15, 0.2) is 16.9 Å². The van der Waals surface area contributed by atoms with Crippen molar-refractivity contribution in [3.8, 4) is 0 Å². The molecule has 2 saturated carbocycles.